The lowest BCUT2D eigenvalue weighted by atomic mass is 10.2. The Bertz CT molecular complexity index is 1600. The molecule has 0 atom stereocenters. The van der Waals surface area contributed by atoms with Crippen molar-refractivity contribution in [2.75, 3.05) is 0 Å². The predicted octanol–water partition coefficient (Wildman–Crippen LogP) is 6.83. The summed E-state index contributed by atoms with van der Waals surface area (Å²) in [6, 6.07) is 29.5. The molecule has 0 saturated heterocycles. The Morgan fingerprint density at radius 1 is 0.857 bits per heavy atom. The van der Waals surface area contributed by atoms with Crippen LogP contribution in [0.5, 0.6) is 5.75 Å². The van der Waals surface area contributed by atoms with Crippen LogP contribution in [0.15, 0.2) is 107 Å². The van der Waals surface area contributed by atoms with Crippen LogP contribution in [0.2, 0.25) is 10.0 Å². The molecule has 5 nitrogen and oxygen atoms in total. The average Bonchev–Trinajstić information content (AvgIpc) is 2.89. The highest BCUT2D eigenvalue weighted by Gasteiger charge is 2.12. The molecular weight excluding hydrogens is 481 g/mol. The number of halogens is 2. The Labute approximate surface area is 211 Å². The van der Waals surface area contributed by atoms with Crippen molar-refractivity contribution in [3.63, 3.8) is 0 Å². The van der Waals surface area contributed by atoms with Gasteiger partial charge in [-0.25, -0.2) is 4.98 Å². The minimum Gasteiger partial charge on any atom is -0.487 e. The van der Waals surface area contributed by atoms with E-state index in [2.05, 4.69) is 5.10 Å². The molecule has 35 heavy (non-hydrogen) atoms. The molecule has 0 saturated carbocycles. The first-order valence-electron chi connectivity index (χ1n) is 10.9. The molecule has 0 bridgehead atoms. The predicted molar refractivity (Wildman–Crippen MR) is 142 cm³/mol. The van der Waals surface area contributed by atoms with E-state index in [0.717, 1.165) is 11.1 Å². The zero-order valence-electron chi connectivity index (χ0n) is 18.4. The molecule has 4 aromatic carbocycles. The van der Waals surface area contributed by atoms with Crippen molar-refractivity contribution in [3.05, 3.63) is 129 Å². The van der Waals surface area contributed by atoms with Crippen LogP contribution in [0.3, 0.4) is 0 Å². The molecule has 0 aliphatic heterocycles. The van der Waals surface area contributed by atoms with Gasteiger partial charge in [0.25, 0.3) is 5.56 Å². The van der Waals surface area contributed by atoms with E-state index in [1.54, 1.807) is 24.4 Å². The van der Waals surface area contributed by atoms with Gasteiger partial charge in [0.1, 0.15) is 12.4 Å². The summed E-state index contributed by atoms with van der Waals surface area (Å²) >= 11 is 12.7. The standard InChI is InChI=1S/C28H19Cl2N3O2/c29-23-12-6-4-10-21(23)18-35-26-15-14-19(16-24(26)30)17-31-33-27(20-8-2-1-3-9-20)32-25-13-7-5-11-22(25)28(33)34/h1-17H,18H2. The summed E-state index contributed by atoms with van der Waals surface area (Å²) in [6.07, 6.45) is 1.58. The maximum Gasteiger partial charge on any atom is 0.282 e. The molecule has 1 aromatic heterocycles. The maximum absolute atomic E-state index is 13.3. The number of fused-ring (bicyclic) bond motifs is 1. The van der Waals surface area contributed by atoms with Gasteiger partial charge in [-0.2, -0.15) is 9.78 Å². The summed E-state index contributed by atoms with van der Waals surface area (Å²) in [5, 5.41) is 6.03. The molecule has 0 aliphatic carbocycles. The fraction of sp³-hybridized carbons (Fsp3) is 0.0357. The van der Waals surface area contributed by atoms with Crippen LogP contribution in [-0.2, 0) is 6.61 Å². The molecule has 7 heteroatoms. The minimum absolute atomic E-state index is 0.253. The van der Waals surface area contributed by atoms with E-state index in [-0.39, 0.29) is 5.56 Å². The molecule has 0 unspecified atom stereocenters. The number of aromatic nitrogens is 2. The third kappa shape index (κ3) is 4.97. The summed E-state index contributed by atoms with van der Waals surface area (Å²) in [7, 11) is 0. The Kier molecular flexibility index (Phi) is 6.62. The van der Waals surface area contributed by atoms with E-state index in [1.165, 1.54) is 4.68 Å². The Balaban J connectivity index is 1.46. The normalized spacial score (nSPS) is 11.3. The van der Waals surface area contributed by atoms with Gasteiger partial charge in [0.15, 0.2) is 5.82 Å². The van der Waals surface area contributed by atoms with Crippen molar-refractivity contribution >= 4 is 40.3 Å². The first-order chi connectivity index (χ1) is 17.1. The summed E-state index contributed by atoms with van der Waals surface area (Å²) in [6.45, 7) is 0.297. The van der Waals surface area contributed by atoms with E-state index in [4.69, 9.17) is 32.9 Å². The number of para-hydroxylation sites is 1. The van der Waals surface area contributed by atoms with Crippen LogP contribution in [0.25, 0.3) is 22.3 Å². The molecular formula is C28H19Cl2N3O2. The summed E-state index contributed by atoms with van der Waals surface area (Å²) < 4.78 is 7.15. The molecule has 5 aromatic rings. The van der Waals surface area contributed by atoms with Crippen LogP contribution >= 0.6 is 23.2 Å². The van der Waals surface area contributed by atoms with Crippen molar-refractivity contribution in [1.82, 2.24) is 9.66 Å². The zero-order valence-corrected chi connectivity index (χ0v) is 19.9. The van der Waals surface area contributed by atoms with Gasteiger partial charge in [-0.1, -0.05) is 83.9 Å². The first kappa shape index (κ1) is 22.8. The first-order valence-corrected chi connectivity index (χ1v) is 11.6. The number of hydrogen-bond acceptors (Lipinski definition) is 4. The molecule has 0 spiro atoms. The van der Waals surface area contributed by atoms with E-state index in [1.807, 2.05) is 78.9 Å². The number of nitrogens with zero attached hydrogens (tertiary/aromatic N) is 3. The van der Waals surface area contributed by atoms with Crippen LogP contribution in [0, 0.1) is 0 Å². The second kappa shape index (κ2) is 10.1. The van der Waals surface area contributed by atoms with Gasteiger partial charge in [-0.3, -0.25) is 4.79 Å². The van der Waals surface area contributed by atoms with Crippen molar-refractivity contribution in [3.8, 4) is 17.1 Å². The van der Waals surface area contributed by atoms with Gasteiger partial charge in [0, 0.05) is 16.1 Å². The molecule has 5 rings (SSSR count). The molecule has 0 fully saturated rings. The topological polar surface area (TPSA) is 56.5 Å². The molecule has 0 N–H and O–H groups in total. The summed E-state index contributed by atoms with van der Waals surface area (Å²) in [5.74, 6) is 0.981. The average molecular weight is 500 g/mol. The highest BCUT2D eigenvalue weighted by molar-refractivity contribution is 6.32. The smallest absolute Gasteiger partial charge is 0.282 e. The SMILES string of the molecule is O=c1c2ccccc2nc(-c2ccccc2)n1N=Cc1ccc(OCc2ccccc2Cl)c(Cl)c1. The lowest BCUT2D eigenvalue weighted by Crippen LogP contribution is -2.20. The second-order valence-corrected chi connectivity index (χ2v) is 8.56. The highest BCUT2D eigenvalue weighted by atomic mass is 35.5. The lowest BCUT2D eigenvalue weighted by Gasteiger charge is -2.10. The molecule has 0 aliphatic rings. The Morgan fingerprint density at radius 2 is 1.60 bits per heavy atom. The van der Waals surface area contributed by atoms with E-state index < -0.39 is 0 Å². The third-order valence-corrected chi connectivity index (χ3v) is 6.07. The van der Waals surface area contributed by atoms with Crippen LogP contribution in [0.4, 0.5) is 0 Å². The van der Waals surface area contributed by atoms with E-state index in [9.17, 15) is 4.79 Å². The maximum atomic E-state index is 13.3. The van der Waals surface area contributed by atoms with Gasteiger partial charge in [0.05, 0.1) is 22.1 Å². The summed E-state index contributed by atoms with van der Waals surface area (Å²) in [4.78, 5) is 18.0. The van der Waals surface area contributed by atoms with Gasteiger partial charge < -0.3 is 4.74 Å². The number of ether oxygens (including phenoxy) is 1. The summed E-state index contributed by atoms with van der Waals surface area (Å²) in [5.41, 5.74) is 2.72. The van der Waals surface area contributed by atoms with Crippen LogP contribution in [-0.4, -0.2) is 15.9 Å². The second-order valence-electron chi connectivity index (χ2n) is 7.75. The van der Waals surface area contributed by atoms with Crippen molar-refractivity contribution in [1.29, 1.82) is 0 Å². The number of hydrogen-bond donors (Lipinski definition) is 0. The number of rotatable bonds is 6. The van der Waals surface area contributed by atoms with Crippen LogP contribution < -0.4 is 10.3 Å². The van der Waals surface area contributed by atoms with Crippen molar-refractivity contribution < 1.29 is 4.74 Å². The van der Waals surface area contributed by atoms with E-state index in [0.29, 0.717) is 44.7 Å². The van der Waals surface area contributed by atoms with Crippen molar-refractivity contribution in [2.45, 2.75) is 6.61 Å². The third-order valence-electron chi connectivity index (χ3n) is 5.41. The molecule has 1 heterocycles. The van der Waals surface area contributed by atoms with E-state index >= 15 is 0 Å². The van der Waals surface area contributed by atoms with Gasteiger partial charge >= 0.3 is 0 Å². The molecule has 172 valence electrons. The quantitative estimate of drug-likeness (QED) is 0.240. The fourth-order valence-electron chi connectivity index (χ4n) is 3.61. The van der Waals surface area contributed by atoms with Gasteiger partial charge in [-0.05, 0) is 42.0 Å². The van der Waals surface area contributed by atoms with Crippen LogP contribution in [0.1, 0.15) is 11.1 Å². The van der Waals surface area contributed by atoms with Gasteiger partial charge in [0.2, 0.25) is 0 Å². The number of benzene rings is 4. The zero-order chi connectivity index (χ0) is 24.2. The fourth-order valence-corrected chi connectivity index (χ4v) is 4.05. The minimum atomic E-state index is -0.253. The Hall–Kier alpha value is -3.93. The lowest BCUT2D eigenvalue weighted by molar-refractivity contribution is 0.306. The molecule has 0 amide bonds. The van der Waals surface area contributed by atoms with Gasteiger partial charge in [-0.15, -0.1) is 0 Å². The highest BCUT2D eigenvalue weighted by Crippen LogP contribution is 2.27. The van der Waals surface area contributed by atoms with Crippen molar-refractivity contribution in [2.24, 2.45) is 5.10 Å². The molecule has 0 radical (unpaired) electrons. The monoisotopic (exact) mass is 499 g/mol. The largest absolute Gasteiger partial charge is 0.487 e. The Morgan fingerprint density at radius 3 is 2.40 bits per heavy atom.